The summed E-state index contributed by atoms with van der Waals surface area (Å²) in [4.78, 5) is 23.7. The third-order valence-corrected chi connectivity index (χ3v) is 4.88. The molecule has 3 heterocycles. The fourth-order valence-corrected chi connectivity index (χ4v) is 3.48. The average molecular weight is 366 g/mol. The molecule has 2 aromatic heterocycles. The third kappa shape index (κ3) is 3.63. The van der Waals surface area contributed by atoms with Crippen molar-refractivity contribution < 1.29 is 13.7 Å². The lowest BCUT2D eigenvalue weighted by Gasteiger charge is -2.33. The van der Waals surface area contributed by atoms with Crippen LogP contribution in [0, 0.1) is 13.8 Å². The quantitative estimate of drug-likeness (QED) is 0.701. The topological polar surface area (TPSA) is 85.3 Å². The van der Waals surface area contributed by atoms with Gasteiger partial charge in [-0.15, -0.1) is 0 Å². The lowest BCUT2D eigenvalue weighted by Crippen LogP contribution is -2.39. The van der Waals surface area contributed by atoms with E-state index in [1.807, 2.05) is 42.2 Å². The van der Waals surface area contributed by atoms with E-state index in [0.717, 1.165) is 24.8 Å². The van der Waals surface area contributed by atoms with Crippen molar-refractivity contribution in [3.8, 4) is 11.5 Å². The summed E-state index contributed by atoms with van der Waals surface area (Å²) in [7, 11) is 0. The number of rotatable bonds is 4. The maximum absolute atomic E-state index is 13.0. The van der Waals surface area contributed by atoms with Gasteiger partial charge >= 0.3 is 0 Å². The van der Waals surface area contributed by atoms with Crippen LogP contribution in [0.4, 0.5) is 0 Å². The molecule has 1 aliphatic heterocycles. The van der Waals surface area contributed by atoms with Gasteiger partial charge in [0, 0.05) is 12.1 Å². The highest BCUT2D eigenvalue weighted by atomic mass is 16.5. The van der Waals surface area contributed by atoms with Crippen molar-refractivity contribution in [2.75, 3.05) is 6.54 Å². The first kappa shape index (κ1) is 17.5. The SMILES string of the molecule is Cc1noc([C@H]2CCCCN2C(=O)Cc2nc(-c3ccccc3)oc2C)n1. The molecular weight excluding hydrogens is 344 g/mol. The van der Waals surface area contributed by atoms with E-state index < -0.39 is 0 Å². The Hall–Kier alpha value is -2.96. The molecule has 7 nitrogen and oxygen atoms in total. The fraction of sp³-hybridized carbons (Fsp3) is 0.400. The molecule has 7 heteroatoms. The maximum Gasteiger partial charge on any atom is 0.249 e. The minimum absolute atomic E-state index is 0.00608. The van der Waals surface area contributed by atoms with Crippen LogP contribution in [0.15, 0.2) is 39.3 Å². The smallest absolute Gasteiger partial charge is 0.249 e. The standard InChI is InChI=1S/C20H22N4O3/c1-13-16(22-19(26-13)15-8-4-3-5-9-15)12-18(25)24-11-7-6-10-17(24)20-21-14(2)23-27-20/h3-5,8-9,17H,6-7,10-12H2,1-2H3/t17-/m1/s1. The number of aryl methyl sites for hydroxylation is 2. The van der Waals surface area contributed by atoms with Gasteiger partial charge in [-0.2, -0.15) is 4.98 Å². The van der Waals surface area contributed by atoms with Crippen molar-refractivity contribution in [1.29, 1.82) is 0 Å². The maximum atomic E-state index is 13.0. The van der Waals surface area contributed by atoms with Crippen molar-refractivity contribution in [3.05, 3.63) is 53.5 Å². The van der Waals surface area contributed by atoms with Gasteiger partial charge < -0.3 is 13.8 Å². The highest BCUT2D eigenvalue weighted by molar-refractivity contribution is 5.79. The number of likely N-dealkylation sites (tertiary alicyclic amines) is 1. The van der Waals surface area contributed by atoms with Crippen LogP contribution in [0.25, 0.3) is 11.5 Å². The second-order valence-electron chi connectivity index (χ2n) is 6.84. The zero-order valence-corrected chi connectivity index (χ0v) is 15.5. The molecular formula is C20H22N4O3. The molecule has 140 valence electrons. The minimum atomic E-state index is -0.159. The predicted octanol–water partition coefficient (Wildman–Crippen LogP) is 3.64. The Morgan fingerprint density at radius 3 is 2.74 bits per heavy atom. The van der Waals surface area contributed by atoms with Gasteiger partial charge in [0.25, 0.3) is 0 Å². The fourth-order valence-electron chi connectivity index (χ4n) is 3.48. The summed E-state index contributed by atoms with van der Waals surface area (Å²) in [5.74, 6) is 2.32. The number of aromatic nitrogens is 3. The highest BCUT2D eigenvalue weighted by Gasteiger charge is 2.32. The summed E-state index contributed by atoms with van der Waals surface area (Å²) >= 11 is 0. The van der Waals surface area contributed by atoms with E-state index in [0.29, 0.717) is 35.6 Å². The number of hydrogen-bond acceptors (Lipinski definition) is 6. The van der Waals surface area contributed by atoms with E-state index >= 15 is 0 Å². The second kappa shape index (κ2) is 7.34. The molecule has 0 radical (unpaired) electrons. The highest BCUT2D eigenvalue weighted by Crippen LogP contribution is 2.31. The van der Waals surface area contributed by atoms with Gasteiger partial charge in [0.1, 0.15) is 11.8 Å². The number of benzene rings is 1. The normalized spacial score (nSPS) is 17.3. The second-order valence-corrected chi connectivity index (χ2v) is 6.84. The number of nitrogens with zero attached hydrogens (tertiary/aromatic N) is 4. The lowest BCUT2D eigenvalue weighted by atomic mass is 10.0. The van der Waals surface area contributed by atoms with Crippen molar-refractivity contribution >= 4 is 5.91 Å². The van der Waals surface area contributed by atoms with Gasteiger partial charge in [0.2, 0.25) is 17.7 Å². The first-order valence-corrected chi connectivity index (χ1v) is 9.23. The van der Waals surface area contributed by atoms with Gasteiger partial charge in [0.05, 0.1) is 12.1 Å². The summed E-state index contributed by atoms with van der Waals surface area (Å²) in [6, 6.07) is 9.53. The minimum Gasteiger partial charge on any atom is -0.441 e. The van der Waals surface area contributed by atoms with Crippen LogP contribution in [0.1, 0.15) is 48.5 Å². The molecule has 3 aromatic rings. The number of hydrogen-bond donors (Lipinski definition) is 0. The molecule has 1 amide bonds. The Bertz CT molecular complexity index is 932. The summed E-state index contributed by atoms with van der Waals surface area (Å²) in [6.07, 6.45) is 3.05. The van der Waals surface area contributed by atoms with Crippen LogP contribution in [0.2, 0.25) is 0 Å². The number of amides is 1. The van der Waals surface area contributed by atoms with Crippen LogP contribution >= 0.6 is 0 Å². The van der Waals surface area contributed by atoms with E-state index in [9.17, 15) is 4.79 Å². The van der Waals surface area contributed by atoms with Crippen LogP contribution < -0.4 is 0 Å². The van der Waals surface area contributed by atoms with E-state index in [-0.39, 0.29) is 18.4 Å². The van der Waals surface area contributed by atoms with Crippen LogP contribution in [-0.2, 0) is 11.2 Å². The first-order chi connectivity index (χ1) is 13.1. The third-order valence-electron chi connectivity index (χ3n) is 4.88. The van der Waals surface area contributed by atoms with Gasteiger partial charge in [-0.1, -0.05) is 23.4 Å². The summed E-state index contributed by atoms with van der Waals surface area (Å²) in [5.41, 5.74) is 1.57. The molecule has 0 spiro atoms. The van der Waals surface area contributed by atoms with Crippen LogP contribution in [0.3, 0.4) is 0 Å². The summed E-state index contributed by atoms with van der Waals surface area (Å²) < 4.78 is 11.1. The monoisotopic (exact) mass is 366 g/mol. The van der Waals surface area contributed by atoms with Crippen LogP contribution in [0.5, 0.6) is 0 Å². The Morgan fingerprint density at radius 1 is 1.19 bits per heavy atom. The molecule has 1 aromatic carbocycles. The molecule has 4 rings (SSSR count). The number of carbonyl (C=O) groups excluding carboxylic acids is 1. The molecule has 0 N–H and O–H groups in total. The molecule has 1 aliphatic rings. The number of oxazole rings is 1. The molecule has 1 saturated heterocycles. The Labute approximate surface area is 157 Å². The van der Waals surface area contributed by atoms with Crippen molar-refractivity contribution in [1.82, 2.24) is 20.0 Å². The number of piperidine rings is 1. The molecule has 0 saturated carbocycles. The molecule has 27 heavy (non-hydrogen) atoms. The van der Waals surface area contributed by atoms with E-state index in [1.165, 1.54) is 0 Å². The Morgan fingerprint density at radius 2 is 2.00 bits per heavy atom. The molecule has 0 unspecified atom stereocenters. The molecule has 1 fully saturated rings. The average Bonchev–Trinajstić information content (AvgIpc) is 3.28. The first-order valence-electron chi connectivity index (χ1n) is 9.23. The van der Waals surface area contributed by atoms with Crippen molar-refractivity contribution in [2.24, 2.45) is 0 Å². The largest absolute Gasteiger partial charge is 0.441 e. The van der Waals surface area contributed by atoms with Crippen LogP contribution in [-0.4, -0.2) is 32.5 Å². The Balaban J connectivity index is 1.53. The summed E-state index contributed by atoms with van der Waals surface area (Å²) in [5, 5.41) is 3.87. The number of carbonyl (C=O) groups is 1. The lowest BCUT2D eigenvalue weighted by molar-refractivity contribution is -0.135. The molecule has 0 aliphatic carbocycles. The van der Waals surface area contributed by atoms with Gasteiger partial charge in [-0.05, 0) is 45.2 Å². The molecule has 0 bridgehead atoms. The van der Waals surface area contributed by atoms with Gasteiger partial charge in [-0.25, -0.2) is 4.98 Å². The van der Waals surface area contributed by atoms with E-state index in [1.54, 1.807) is 6.92 Å². The zero-order chi connectivity index (χ0) is 18.8. The van der Waals surface area contributed by atoms with Crippen molar-refractivity contribution in [2.45, 2.75) is 45.6 Å². The van der Waals surface area contributed by atoms with Gasteiger partial charge in [0.15, 0.2) is 5.82 Å². The summed E-state index contributed by atoms with van der Waals surface area (Å²) in [6.45, 7) is 4.32. The van der Waals surface area contributed by atoms with Crippen molar-refractivity contribution in [3.63, 3.8) is 0 Å². The molecule has 1 atom stereocenters. The van der Waals surface area contributed by atoms with E-state index in [2.05, 4.69) is 15.1 Å². The predicted molar refractivity (Wildman–Crippen MR) is 97.7 cm³/mol. The zero-order valence-electron chi connectivity index (χ0n) is 15.5. The van der Waals surface area contributed by atoms with E-state index in [4.69, 9.17) is 8.94 Å². The Kier molecular flexibility index (Phi) is 4.75. The van der Waals surface area contributed by atoms with Gasteiger partial charge in [-0.3, -0.25) is 4.79 Å².